The first-order valence-electron chi connectivity index (χ1n) is 11.0. The van der Waals surface area contributed by atoms with Gasteiger partial charge in [0.15, 0.2) is 0 Å². The predicted octanol–water partition coefficient (Wildman–Crippen LogP) is 5.36. The first-order chi connectivity index (χ1) is 16.0. The molecule has 0 unspecified atom stereocenters. The quantitative estimate of drug-likeness (QED) is 0.300. The second kappa shape index (κ2) is 13.2. The van der Waals surface area contributed by atoms with E-state index in [1.807, 2.05) is 30.3 Å². The van der Waals surface area contributed by atoms with E-state index in [0.29, 0.717) is 18.6 Å². The van der Waals surface area contributed by atoms with Gasteiger partial charge in [-0.05, 0) is 37.7 Å². The number of amides is 2. The summed E-state index contributed by atoms with van der Waals surface area (Å²) in [5.74, 6) is 0.285. The van der Waals surface area contributed by atoms with Gasteiger partial charge in [-0.2, -0.15) is 5.26 Å². The fourth-order valence-corrected chi connectivity index (χ4v) is 3.82. The minimum atomic E-state index is -0.416. The Kier molecular flexibility index (Phi) is 10.3. The molecule has 1 aromatic carbocycles. The molecule has 0 radical (unpaired) electrons. The lowest BCUT2D eigenvalue weighted by atomic mass is 9.88. The largest absolute Gasteiger partial charge is 0.474 e. The summed E-state index contributed by atoms with van der Waals surface area (Å²) in [4.78, 5) is 16.8. The topological polar surface area (TPSA) is 146 Å². The number of nitrogens with one attached hydrogen (secondary N) is 3. The van der Waals surface area contributed by atoms with E-state index in [-0.39, 0.29) is 47.2 Å². The molecule has 34 heavy (non-hydrogen) atoms. The van der Waals surface area contributed by atoms with Crippen molar-refractivity contribution in [1.29, 1.82) is 10.7 Å². The average molecular weight is 473 g/mol. The molecular weight excluding hydrogens is 432 g/mol. The van der Waals surface area contributed by atoms with Crippen molar-refractivity contribution in [3.8, 4) is 6.07 Å². The Morgan fingerprint density at radius 3 is 2.65 bits per heavy atom. The van der Waals surface area contributed by atoms with Crippen LogP contribution in [0.3, 0.4) is 0 Å². The maximum atomic E-state index is 12.6. The van der Waals surface area contributed by atoms with Gasteiger partial charge in [-0.3, -0.25) is 10.7 Å². The zero-order valence-corrected chi connectivity index (χ0v) is 18.7. The van der Waals surface area contributed by atoms with Crippen molar-refractivity contribution in [3.05, 3.63) is 53.7 Å². The van der Waals surface area contributed by atoms with Gasteiger partial charge in [-0.1, -0.05) is 37.8 Å². The Bertz CT molecular complexity index is 999. The highest BCUT2D eigenvalue weighted by atomic mass is 16.5. The normalized spacial score (nSPS) is 18.0. The minimum absolute atomic E-state index is 0. The van der Waals surface area contributed by atoms with Gasteiger partial charge in [-0.15, -0.1) is 0 Å². The number of aromatic nitrogens is 1. The van der Waals surface area contributed by atoms with E-state index >= 15 is 0 Å². The summed E-state index contributed by atoms with van der Waals surface area (Å²) in [6, 6.07) is 12.8. The van der Waals surface area contributed by atoms with Crippen LogP contribution in [-0.2, 0) is 9.47 Å². The Morgan fingerprint density at radius 2 is 2.03 bits per heavy atom. The maximum absolute atomic E-state index is 12.6. The number of benzene rings is 1. The number of urea groups is 1. The van der Waals surface area contributed by atoms with Crippen LogP contribution in [0.25, 0.3) is 0 Å². The van der Waals surface area contributed by atoms with Gasteiger partial charge in [-0.25, -0.2) is 9.78 Å². The molecule has 0 bridgehead atoms. The number of hydrogen-bond acceptors (Lipinski definition) is 7. The summed E-state index contributed by atoms with van der Waals surface area (Å²) in [7, 11) is 1.62. The number of nitrogens with two attached hydrogens (primary N) is 1. The zero-order chi connectivity index (χ0) is 23.6. The maximum Gasteiger partial charge on any atom is 0.320 e. The molecule has 0 saturated heterocycles. The SMILES string of the molecule is C.COCC[C@@H](NC(=O)Nc1cc(N)c(C(=N)OC2CCC(C#N)CC2)cn1)c1ccccc1.[HH].[HH].[HH]. The Morgan fingerprint density at radius 1 is 1.32 bits per heavy atom. The molecule has 1 saturated carbocycles. The summed E-state index contributed by atoms with van der Waals surface area (Å²) >= 11 is 0. The fourth-order valence-electron chi connectivity index (χ4n) is 3.82. The summed E-state index contributed by atoms with van der Waals surface area (Å²) in [6.45, 7) is 0.500. The number of carbonyl (C=O) groups is 1. The molecule has 2 amide bonds. The fraction of sp³-hybridized carbons (Fsp3) is 0.440. The highest BCUT2D eigenvalue weighted by Crippen LogP contribution is 2.27. The number of hydrogen-bond donors (Lipinski definition) is 4. The highest BCUT2D eigenvalue weighted by molar-refractivity contribution is 5.98. The van der Waals surface area contributed by atoms with Crippen LogP contribution in [0, 0.1) is 22.7 Å². The number of carbonyl (C=O) groups excluding carboxylic acids is 1. The molecular formula is C25H40N6O3. The molecule has 1 fully saturated rings. The second-order valence-electron chi connectivity index (χ2n) is 8.05. The lowest BCUT2D eigenvalue weighted by Gasteiger charge is -2.26. The van der Waals surface area contributed by atoms with E-state index in [1.165, 1.54) is 12.3 Å². The van der Waals surface area contributed by atoms with Crippen molar-refractivity contribution in [1.82, 2.24) is 10.3 Å². The van der Waals surface area contributed by atoms with Crippen LogP contribution in [-0.4, -0.2) is 36.7 Å². The first kappa shape index (κ1) is 26.6. The standard InChI is InChI=1S/C24H30N6O3.CH4.3H2/c1-32-12-11-21(17-5-3-2-4-6-17)29-24(31)30-22-13-20(26)19(15-28-22)23(27)33-18-9-7-16(14-25)8-10-18;;;;/h2-6,13,15-16,18,21,27H,7-12H2,1H3,(H4,26,28,29,30,31);1H4;3*1H/t16?,18?,21-;;;;/m1..../s1. The molecule has 9 nitrogen and oxygen atoms in total. The van der Waals surface area contributed by atoms with Gasteiger partial charge >= 0.3 is 6.03 Å². The molecule has 3 rings (SSSR count). The van der Waals surface area contributed by atoms with E-state index in [9.17, 15) is 4.79 Å². The molecule has 1 heterocycles. The number of nitrogen functional groups attached to an aromatic ring is 1. The van der Waals surface area contributed by atoms with Gasteiger partial charge in [0.25, 0.3) is 0 Å². The summed E-state index contributed by atoms with van der Waals surface area (Å²) in [5.41, 5.74) is 7.74. The van der Waals surface area contributed by atoms with Gasteiger partial charge in [0.2, 0.25) is 5.90 Å². The third-order valence-electron chi connectivity index (χ3n) is 5.68. The Hall–Kier alpha value is -3.64. The highest BCUT2D eigenvalue weighted by Gasteiger charge is 2.24. The van der Waals surface area contributed by atoms with E-state index in [2.05, 4.69) is 21.7 Å². The Labute approximate surface area is 205 Å². The van der Waals surface area contributed by atoms with E-state index in [1.54, 1.807) is 7.11 Å². The van der Waals surface area contributed by atoms with Gasteiger partial charge < -0.3 is 20.5 Å². The molecule has 2 aromatic rings. The summed E-state index contributed by atoms with van der Waals surface area (Å²) < 4.78 is 10.9. The molecule has 188 valence electrons. The van der Waals surface area contributed by atoms with Crippen LogP contribution in [0.4, 0.5) is 16.3 Å². The number of nitriles is 1. The van der Waals surface area contributed by atoms with Crippen molar-refractivity contribution in [2.75, 3.05) is 24.8 Å². The Balaban J connectivity index is 0. The van der Waals surface area contributed by atoms with Crippen molar-refractivity contribution in [2.24, 2.45) is 5.92 Å². The molecule has 0 spiro atoms. The predicted molar refractivity (Wildman–Crippen MR) is 139 cm³/mol. The number of nitrogens with zero attached hydrogens (tertiary/aromatic N) is 2. The van der Waals surface area contributed by atoms with Crippen LogP contribution < -0.4 is 16.4 Å². The number of rotatable bonds is 8. The molecule has 1 aliphatic carbocycles. The number of anilines is 2. The second-order valence-corrected chi connectivity index (χ2v) is 8.05. The van der Waals surface area contributed by atoms with E-state index in [0.717, 1.165) is 31.2 Å². The van der Waals surface area contributed by atoms with Crippen molar-refractivity contribution >= 4 is 23.4 Å². The third kappa shape index (κ3) is 7.46. The van der Waals surface area contributed by atoms with E-state index < -0.39 is 6.03 Å². The monoisotopic (exact) mass is 472 g/mol. The zero-order valence-electron chi connectivity index (χ0n) is 18.7. The van der Waals surface area contributed by atoms with Gasteiger partial charge in [0.05, 0.1) is 17.7 Å². The van der Waals surface area contributed by atoms with Crippen LogP contribution in [0.5, 0.6) is 0 Å². The molecule has 1 aromatic heterocycles. The van der Waals surface area contributed by atoms with Crippen LogP contribution in [0.1, 0.15) is 61.0 Å². The van der Waals surface area contributed by atoms with Crippen molar-refractivity contribution in [2.45, 2.75) is 51.7 Å². The lowest BCUT2D eigenvalue weighted by Crippen LogP contribution is -2.33. The lowest BCUT2D eigenvalue weighted by molar-refractivity contribution is 0.130. The van der Waals surface area contributed by atoms with Gasteiger partial charge in [0.1, 0.15) is 11.9 Å². The van der Waals surface area contributed by atoms with Crippen molar-refractivity contribution < 1.29 is 18.5 Å². The third-order valence-corrected chi connectivity index (χ3v) is 5.68. The molecule has 5 N–H and O–H groups in total. The number of pyridine rings is 1. The molecule has 0 aliphatic heterocycles. The van der Waals surface area contributed by atoms with E-state index in [4.69, 9.17) is 25.9 Å². The molecule has 9 heteroatoms. The average Bonchev–Trinajstić information content (AvgIpc) is 2.82. The minimum Gasteiger partial charge on any atom is -0.474 e. The van der Waals surface area contributed by atoms with Gasteiger partial charge in [0, 0.05) is 41.9 Å². The summed E-state index contributed by atoms with van der Waals surface area (Å²) in [6.07, 6.45) is 4.95. The van der Waals surface area contributed by atoms with Crippen LogP contribution in [0.2, 0.25) is 0 Å². The van der Waals surface area contributed by atoms with Crippen LogP contribution >= 0.6 is 0 Å². The summed E-state index contributed by atoms with van der Waals surface area (Å²) in [5, 5.41) is 22.9. The molecule has 1 aliphatic rings. The smallest absolute Gasteiger partial charge is 0.320 e. The van der Waals surface area contributed by atoms with Crippen molar-refractivity contribution in [3.63, 3.8) is 0 Å². The van der Waals surface area contributed by atoms with Crippen LogP contribution in [0.15, 0.2) is 42.6 Å². The first-order valence-corrected chi connectivity index (χ1v) is 11.0. The molecule has 1 atom stereocenters. The number of ether oxygens (including phenoxy) is 2. The number of methoxy groups -OCH3 is 1.